The number of allylic oxidation sites excluding steroid dienone is 1. The molecule has 308 valence electrons. The van der Waals surface area contributed by atoms with E-state index in [1.54, 1.807) is 35.4 Å². The Kier molecular flexibility index (Phi) is 9.98. The second-order valence-corrected chi connectivity index (χ2v) is 17.3. The molecule has 5 fully saturated rings. The van der Waals surface area contributed by atoms with E-state index in [0.29, 0.717) is 55.5 Å². The van der Waals surface area contributed by atoms with Crippen molar-refractivity contribution in [1.82, 2.24) is 29.8 Å². The summed E-state index contributed by atoms with van der Waals surface area (Å²) in [7, 11) is 1.92. The van der Waals surface area contributed by atoms with E-state index in [9.17, 15) is 19.5 Å². The number of urea groups is 1. The molecule has 14 nitrogen and oxygen atoms in total. The summed E-state index contributed by atoms with van der Waals surface area (Å²) in [5.41, 5.74) is 17.1. The van der Waals surface area contributed by atoms with Gasteiger partial charge in [0.25, 0.3) is 0 Å². The third-order valence-corrected chi connectivity index (χ3v) is 13.5. The first kappa shape index (κ1) is 38.5. The predicted molar refractivity (Wildman–Crippen MR) is 228 cm³/mol. The number of aromatic hydroxyl groups is 1. The van der Waals surface area contributed by atoms with Gasteiger partial charge in [-0.25, -0.2) is 4.79 Å². The number of imide groups is 1. The lowest BCUT2D eigenvalue weighted by Gasteiger charge is -2.62. The molecule has 59 heavy (non-hydrogen) atoms. The molecule has 6 heterocycles. The van der Waals surface area contributed by atoms with Gasteiger partial charge in [-0.05, 0) is 67.5 Å². The fourth-order valence-corrected chi connectivity index (χ4v) is 10.4. The van der Waals surface area contributed by atoms with Gasteiger partial charge in [0.05, 0.1) is 22.3 Å². The van der Waals surface area contributed by atoms with Gasteiger partial charge in [-0.15, -0.1) is 0 Å². The Morgan fingerprint density at radius 1 is 0.898 bits per heavy atom. The zero-order valence-electron chi connectivity index (χ0n) is 33.7. The lowest BCUT2D eigenvalue weighted by atomic mass is 9.67. The Morgan fingerprint density at radius 2 is 1.61 bits per heavy atom. The first-order valence-corrected chi connectivity index (χ1v) is 20.9. The molecule has 1 aromatic heterocycles. The first-order valence-electron chi connectivity index (χ1n) is 20.9. The van der Waals surface area contributed by atoms with E-state index in [2.05, 4.69) is 43.1 Å². The van der Waals surface area contributed by atoms with Gasteiger partial charge in [0, 0.05) is 107 Å². The van der Waals surface area contributed by atoms with Crippen LogP contribution in [-0.4, -0.2) is 113 Å². The van der Waals surface area contributed by atoms with Crippen LogP contribution in [0.4, 0.5) is 16.3 Å². The molecule has 3 aromatic carbocycles. The molecule has 5 saturated heterocycles. The number of hydrogen-bond acceptors (Lipinski definition) is 10. The van der Waals surface area contributed by atoms with Gasteiger partial charge in [-0.1, -0.05) is 48.5 Å². The number of likely N-dealkylation sites (tertiary alicyclic amines) is 3. The lowest BCUT2D eigenvalue weighted by molar-refractivity contribution is -0.167. The lowest BCUT2D eigenvalue weighted by Crippen LogP contribution is -2.74. The highest BCUT2D eigenvalue weighted by molar-refractivity contribution is 6.10. The van der Waals surface area contributed by atoms with Crippen LogP contribution in [0.25, 0.3) is 16.6 Å². The zero-order chi connectivity index (χ0) is 40.9. The van der Waals surface area contributed by atoms with Crippen LogP contribution < -0.4 is 26.6 Å². The number of amides is 4. The topological polar surface area (TPSA) is 170 Å². The highest BCUT2D eigenvalue weighted by atomic mass is 16.3. The SMILES string of the molecule is Cn1nc(N2CCC(=O)NC2=O)c2cccc(N3CCC(CN4CC5(C4)CN(C(=O)C4(c6ccccc6)CCN(C(/C=C(\N)c6ccccc6O)=C/N)CC4)C5)CC3)c21. The third-order valence-electron chi connectivity index (χ3n) is 13.5. The number of nitrogens with one attached hydrogen (secondary N) is 1. The van der Waals surface area contributed by atoms with Gasteiger partial charge in [0.15, 0.2) is 5.82 Å². The molecule has 5 aliphatic rings. The number of phenols is 1. The van der Waals surface area contributed by atoms with Crippen molar-refractivity contribution >= 4 is 46.0 Å². The monoisotopic (exact) mass is 798 g/mol. The number of aromatic nitrogens is 2. The zero-order valence-corrected chi connectivity index (χ0v) is 33.7. The van der Waals surface area contributed by atoms with Gasteiger partial charge in [0.2, 0.25) is 11.8 Å². The molecule has 9 rings (SSSR count). The van der Waals surface area contributed by atoms with Crippen molar-refractivity contribution in [3.63, 3.8) is 0 Å². The molecule has 0 saturated carbocycles. The molecule has 1 spiro atoms. The summed E-state index contributed by atoms with van der Waals surface area (Å²) in [6, 6.07) is 23.0. The smallest absolute Gasteiger partial charge is 0.329 e. The van der Waals surface area contributed by atoms with Crippen LogP contribution in [0.2, 0.25) is 0 Å². The molecule has 0 unspecified atom stereocenters. The van der Waals surface area contributed by atoms with Gasteiger partial charge >= 0.3 is 6.03 Å². The molecule has 14 heteroatoms. The van der Waals surface area contributed by atoms with Crippen molar-refractivity contribution in [1.29, 1.82) is 0 Å². The summed E-state index contributed by atoms with van der Waals surface area (Å²) >= 11 is 0. The maximum atomic E-state index is 14.6. The number of anilines is 2. The molecule has 5 aliphatic heterocycles. The van der Waals surface area contributed by atoms with Crippen LogP contribution >= 0.6 is 0 Å². The molecule has 0 radical (unpaired) electrons. The number of phenolic OH excluding ortho intramolecular Hbond substituents is 1. The van der Waals surface area contributed by atoms with Crippen LogP contribution in [0.3, 0.4) is 0 Å². The number of carbonyl (C=O) groups is 3. The minimum atomic E-state index is -0.604. The number of fused-ring (bicyclic) bond motifs is 1. The second-order valence-electron chi connectivity index (χ2n) is 17.3. The molecular formula is C45H54N10O4. The number of nitrogens with zero attached hydrogens (tertiary/aromatic N) is 7. The minimum Gasteiger partial charge on any atom is -0.507 e. The van der Waals surface area contributed by atoms with E-state index >= 15 is 0 Å². The Bertz CT molecular complexity index is 2310. The Labute approximate surface area is 344 Å². The quantitative estimate of drug-likeness (QED) is 0.182. The molecule has 0 atom stereocenters. The van der Waals surface area contributed by atoms with Gasteiger partial charge in [-0.2, -0.15) is 5.10 Å². The van der Waals surface area contributed by atoms with E-state index in [1.165, 1.54) is 0 Å². The maximum absolute atomic E-state index is 14.6. The Morgan fingerprint density at radius 3 is 2.31 bits per heavy atom. The number of benzene rings is 3. The number of carbonyl (C=O) groups excluding carboxylic acids is 3. The van der Waals surface area contributed by atoms with Gasteiger partial charge in [-0.3, -0.25) is 24.5 Å². The van der Waals surface area contributed by atoms with E-state index < -0.39 is 11.4 Å². The van der Waals surface area contributed by atoms with E-state index in [4.69, 9.17) is 16.6 Å². The van der Waals surface area contributed by atoms with Gasteiger partial charge < -0.3 is 36.2 Å². The van der Waals surface area contributed by atoms with Crippen molar-refractivity contribution < 1.29 is 19.5 Å². The highest BCUT2D eigenvalue weighted by Crippen LogP contribution is 2.46. The number of piperidine rings is 2. The summed E-state index contributed by atoms with van der Waals surface area (Å²) in [6.45, 7) is 8.28. The number of nitrogens with two attached hydrogens (primary N) is 2. The van der Waals surface area contributed by atoms with Crippen LogP contribution in [-0.2, 0) is 22.1 Å². The van der Waals surface area contributed by atoms with E-state index in [0.717, 1.165) is 86.5 Å². The van der Waals surface area contributed by atoms with Crippen molar-refractivity contribution in [3.8, 4) is 5.75 Å². The predicted octanol–water partition coefficient (Wildman–Crippen LogP) is 3.92. The normalized spacial score (nSPS) is 21.4. The number of hydrogen-bond donors (Lipinski definition) is 4. The van der Waals surface area contributed by atoms with Crippen LogP contribution in [0.15, 0.2) is 90.8 Å². The first-order chi connectivity index (χ1) is 28.6. The molecule has 4 aromatic rings. The fourth-order valence-electron chi connectivity index (χ4n) is 10.4. The van der Waals surface area contributed by atoms with E-state index in [-0.39, 0.29) is 29.4 Å². The summed E-state index contributed by atoms with van der Waals surface area (Å²) in [5, 5.41) is 18.4. The third kappa shape index (κ3) is 7.02. The number of aryl methyl sites for hydroxylation is 1. The fraction of sp³-hybridized carbons (Fsp3) is 0.422. The average molecular weight is 799 g/mol. The average Bonchev–Trinajstić information content (AvgIpc) is 3.56. The molecule has 4 amide bonds. The molecule has 6 N–H and O–H groups in total. The van der Waals surface area contributed by atoms with Crippen LogP contribution in [0, 0.1) is 11.3 Å². The van der Waals surface area contributed by atoms with Crippen molar-refractivity contribution in [3.05, 3.63) is 102 Å². The molecular weight excluding hydrogens is 745 g/mol. The molecule has 0 aliphatic carbocycles. The number of rotatable bonds is 9. The van der Waals surface area contributed by atoms with E-state index in [1.807, 2.05) is 48.1 Å². The standard InChI is InChI=1S/C45H54N10O4/c1-50-40-35(41(49-50)55-21-16-39(57)48-43(55)59)11-7-12-37(40)53-19-14-31(15-20-53)26-51-27-44(28-51)29-54(30-44)42(58)45(32-8-3-2-4-9-32)17-22-52(23-18-45)33(25-46)24-36(47)34-10-5-6-13-38(34)56/h2-13,24-25,31,56H,14-23,26-30,46-47H2,1H3,(H,48,57,59)/b33-25+,36-24-. The van der Waals surface area contributed by atoms with Gasteiger partial charge in [0.1, 0.15) is 5.75 Å². The summed E-state index contributed by atoms with van der Waals surface area (Å²) in [5.74, 6) is 1.29. The van der Waals surface area contributed by atoms with Crippen molar-refractivity contribution in [2.24, 2.45) is 29.8 Å². The van der Waals surface area contributed by atoms with Crippen molar-refractivity contribution in [2.75, 3.05) is 75.2 Å². The maximum Gasteiger partial charge on any atom is 0.329 e. The Hall–Kier alpha value is -6.02. The minimum absolute atomic E-state index is 0.118. The summed E-state index contributed by atoms with van der Waals surface area (Å²) in [4.78, 5) is 49.9. The van der Waals surface area contributed by atoms with Crippen molar-refractivity contribution in [2.45, 2.75) is 37.5 Å². The Balaban J connectivity index is 0.789. The largest absolute Gasteiger partial charge is 0.507 e. The van der Waals surface area contributed by atoms with Crippen LogP contribution in [0.5, 0.6) is 5.75 Å². The summed E-state index contributed by atoms with van der Waals surface area (Å²) in [6.07, 6.45) is 7.15. The number of para-hydroxylation sites is 2. The van der Waals surface area contributed by atoms with Crippen LogP contribution in [0.1, 0.15) is 43.2 Å². The second kappa shape index (κ2) is 15.3. The summed E-state index contributed by atoms with van der Waals surface area (Å²) < 4.78 is 1.86. The molecule has 0 bridgehead atoms. The highest BCUT2D eigenvalue weighted by Gasteiger charge is 2.56.